The largest absolute Gasteiger partial charge is 0.478 e. The monoisotopic (exact) mass is 296 g/mol. The lowest BCUT2D eigenvalue weighted by Gasteiger charge is -2.19. The average molecular weight is 296 g/mol. The van der Waals surface area contributed by atoms with E-state index in [2.05, 4.69) is 20.6 Å². The minimum Gasteiger partial charge on any atom is -0.478 e. The van der Waals surface area contributed by atoms with Gasteiger partial charge >= 0.3 is 6.09 Å². The highest BCUT2D eigenvalue weighted by atomic mass is 16.6. The minimum absolute atomic E-state index is 0.400. The number of rotatable bonds is 7. The maximum Gasteiger partial charge on any atom is 0.407 e. The molecule has 118 valence electrons. The maximum atomic E-state index is 11.4. The second kappa shape index (κ2) is 8.28. The third-order valence-corrected chi connectivity index (χ3v) is 2.26. The number of ether oxygens (including phenoxy) is 2. The van der Waals surface area contributed by atoms with E-state index in [-0.39, 0.29) is 0 Å². The first-order valence-corrected chi connectivity index (χ1v) is 7.06. The molecule has 1 aromatic heterocycles. The number of carbonyl (C=O) groups excluding carboxylic acids is 1. The van der Waals surface area contributed by atoms with E-state index in [0.29, 0.717) is 31.4 Å². The number of alkyl carbamates (subject to hydrolysis) is 1. The number of anilines is 1. The van der Waals surface area contributed by atoms with E-state index in [9.17, 15) is 4.79 Å². The van der Waals surface area contributed by atoms with Crippen molar-refractivity contribution < 1.29 is 14.3 Å². The fraction of sp³-hybridized carbons (Fsp3) is 0.643. The van der Waals surface area contributed by atoms with Crippen LogP contribution in [-0.4, -0.2) is 41.4 Å². The third-order valence-electron chi connectivity index (χ3n) is 2.26. The van der Waals surface area contributed by atoms with E-state index >= 15 is 0 Å². The second-order valence-electron chi connectivity index (χ2n) is 5.38. The van der Waals surface area contributed by atoms with Crippen LogP contribution in [0.3, 0.4) is 0 Å². The van der Waals surface area contributed by atoms with Crippen LogP contribution in [0.2, 0.25) is 0 Å². The predicted octanol–water partition coefficient (Wildman–Crippen LogP) is 2.20. The van der Waals surface area contributed by atoms with Gasteiger partial charge in [-0.25, -0.2) is 14.8 Å². The molecule has 1 aromatic rings. The molecular formula is C14H24N4O3. The number of hydrogen-bond acceptors (Lipinski definition) is 6. The molecule has 0 bridgehead atoms. The van der Waals surface area contributed by atoms with Crippen LogP contribution >= 0.6 is 0 Å². The van der Waals surface area contributed by atoms with E-state index < -0.39 is 11.7 Å². The Bertz CT molecular complexity index is 446. The molecule has 1 heterocycles. The van der Waals surface area contributed by atoms with Crippen LogP contribution in [0.15, 0.2) is 12.4 Å². The zero-order valence-corrected chi connectivity index (χ0v) is 13.1. The van der Waals surface area contributed by atoms with Crippen LogP contribution < -0.4 is 15.4 Å². The lowest BCUT2D eigenvalue weighted by molar-refractivity contribution is 0.0528. The standard InChI is InChI=1S/C14H24N4O3/c1-5-20-12-9-11(17-10-18-12)15-7-6-8-16-13(19)21-14(2,3)4/h9-10H,5-8H2,1-4H3,(H,16,19)(H,15,17,18). The summed E-state index contributed by atoms with van der Waals surface area (Å²) in [6.07, 6.45) is 1.81. The Morgan fingerprint density at radius 2 is 2.05 bits per heavy atom. The van der Waals surface area contributed by atoms with Crippen LogP contribution in [0.1, 0.15) is 34.1 Å². The van der Waals surface area contributed by atoms with E-state index in [1.807, 2.05) is 27.7 Å². The Labute approximate surface area is 125 Å². The number of aromatic nitrogens is 2. The summed E-state index contributed by atoms with van der Waals surface area (Å²) in [6.45, 7) is 9.18. The predicted molar refractivity (Wildman–Crippen MR) is 80.5 cm³/mol. The molecule has 0 unspecified atom stereocenters. The normalized spacial score (nSPS) is 10.9. The molecule has 0 fully saturated rings. The fourth-order valence-electron chi connectivity index (χ4n) is 1.47. The highest BCUT2D eigenvalue weighted by Crippen LogP contribution is 2.10. The summed E-state index contributed by atoms with van der Waals surface area (Å²) in [7, 11) is 0. The zero-order chi connectivity index (χ0) is 15.7. The summed E-state index contributed by atoms with van der Waals surface area (Å²) in [5, 5.41) is 5.84. The van der Waals surface area contributed by atoms with E-state index in [1.54, 1.807) is 6.07 Å². The van der Waals surface area contributed by atoms with Crippen LogP contribution in [0.5, 0.6) is 5.88 Å². The molecule has 7 nitrogen and oxygen atoms in total. The topological polar surface area (TPSA) is 85.4 Å². The molecular weight excluding hydrogens is 272 g/mol. The number of carbonyl (C=O) groups is 1. The number of nitrogens with one attached hydrogen (secondary N) is 2. The van der Waals surface area contributed by atoms with Gasteiger partial charge in [0.15, 0.2) is 0 Å². The molecule has 0 radical (unpaired) electrons. The molecule has 0 aromatic carbocycles. The van der Waals surface area contributed by atoms with Crippen molar-refractivity contribution in [1.29, 1.82) is 0 Å². The van der Waals surface area contributed by atoms with Crippen LogP contribution in [0.4, 0.5) is 10.6 Å². The van der Waals surface area contributed by atoms with Gasteiger partial charge in [0.1, 0.15) is 17.7 Å². The molecule has 2 N–H and O–H groups in total. The summed E-state index contributed by atoms with van der Waals surface area (Å²) in [4.78, 5) is 19.5. The van der Waals surface area contributed by atoms with Crippen LogP contribution in [0.25, 0.3) is 0 Å². The van der Waals surface area contributed by atoms with Gasteiger partial charge in [-0.3, -0.25) is 0 Å². The second-order valence-corrected chi connectivity index (χ2v) is 5.38. The van der Waals surface area contributed by atoms with Crippen molar-refractivity contribution in [3.63, 3.8) is 0 Å². The molecule has 7 heteroatoms. The van der Waals surface area contributed by atoms with Gasteiger partial charge in [0.25, 0.3) is 0 Å². The molecule has 1 rings (SSSR count). The summed E-state index contributed by atoms with van der Waals surface area (Å²) in [6, 6.07) is 1.74. The molecule has 0 aliphatic carbocycles. The van der Waals surface area contributed by atoms with Gasteiger partial charge in [-0.05, 0) is 34.1 Å². The van der Waals surface area contributed by atoms with Gasteiger partial charge in [-0.15, -0.1) is 0 Å². The summed E-state index contributed by atoms with van der Waals surface area (Å²) in [5.41, 5.74) is -0.473. The van der Waals surface area contributed by atoms with Crippen molar-refractivity contribution >= 4 is 11.9 Å². The van der Waals surface area contributed by atoms with E-state index in [0.717, 1.165) is 6.42 Å². The summed E-state index contributed by atoms with van der Waals surface area (Å²) >= 11 is 0. The Kier molecular flexibility index (Phi) is 6.71. The average Bonchev–Trinajstić information content (AvgIpc) is 2.37. The van der Waals surface area contributed by atoms with Gasteiger partial charge in [0.05, 0.1) is 6.61 Å². The summed E-state index contributed by atoms with van der Waals surface area (Å²) < 4.78 is 10.4. The van der Waals surface area contributed by atoms with E-state index in [1.165, 1.54) is 6.33 Å². The first kappa shape index (κ1) is 17.0. The Balaban J connectivity index is 2.19. The molecule has 21 heavy (non-hydrogen) atoms. The fourth-order valence-corrected chi connectivity index (χ4v) is 1.47. The third kappa shape index (κ3) is 7.96. The Morgan fingerprint density at radius 3 is 2.71 bits per heavy atom. The SMILES string of the molecule is CCOc1cc(NCCCNC(=O)OC(C)(C)C)ncn1. The number of amides is 1. The molecule has 0 saturated carbocycles. The van der Waals surface area contributed by atoms with Gasteiger partial charge in [0.2, 0.25) is 5.88 Å². The highest BCUT2D eigenvalue weighted by molar-refractivity contribution is 5.67. The van der Waals surface area contributed by atoms with Crippen molar-refractivity contribution in [1.82, 2.24) is 15.3 Å². The van der Waals surface area contributed by atoms with Crippen LogP contribution in [-0.2, 0) is 4.74 Å². The molecule has 0 aliphatic rings. The van der Waals surface area contributed by atoms with Gasteiger partial charge in [0, 0.05) is 19.2 Å². The number of nitrogens with zero attached hydrogens (tertiary/aromatic N) is 2. The molecule has 0 atom stereocenters. The minimum atomic E-state index is -0.473. The molecule has 0 aliphatic heterocycles. The first-order chi connectivity index (χ1) is 9.90. The van der Waals surface area contributed by atoms with E-state index in [4.69, 9.17) is 9.47 Å². The van der Waals surface area contributed by atoms with Crippen LogP contribution in [0, 0.1) is 0 Å². The van der Waals surface area contributed by atoms with Gasteiger partial charge < -0.3 is 20.1 Å². The number of hydrogen-bond donors (Lipinski definition) is 2. The van der Waals surface area contributed by atoms with Gasteiger partial charge in [-0.1, -0.05) is 0 Å². The molecule has 1 amide bonds. The van der Waals surface area contributed by atoms with Crippen molar-refractivity contribution in [3.8, 4) is 5.88 Å². The lowest BCUT2D eigenvalue weighted by Crippen LogP contribution is -2.33. The maximum absolute atomic E-state index is 11.4. The highest BCUT2D eigenvalue weighted by Gasteiger charge is 2.15. The Hall–Kier alpha value is -2.05. The van der Waals surface area contributed by atoms with Crippen molar-refractivity contribution in [2.75, 3.05) is 25.0 Å². The first-order valence-electron chi connectivity index (χ1n) is 7.06. The van der Waals surface area contributed by atoms with Crippen molar-refractivity contribution in [3.05, 3.63) is 12.4 Å². The molecule has 0 saturated heterocycles. The Morgan fingerprint density at radius 1 is 1.29 bits per heavy atom. The van der Waals surface area contributed by atoms with Crippen molar-refractivity contribution in [2.24, 2.45) is 0 Å². The summed E-state index contributed by atoms with van der Waals surface area (Å²) in [5.74, 6) is 1.24. The molecule has 0 spiro atoms. The van der Waals surface area contributed by atoms with Crippen molar-refractivity contribution in [2.45, 2.75) is 39.7 Å². The quantitative estimate of drug-likeness (QED) is 0.750. The zero-order valence-electron chi connectivity index (χ0n) is 13.1. The lowest BCUT2D eigenvalue weighted by atomic mass is 10.2. The van der Waals surface area contributed by atoms with Gasteiger partial charge in [-0.2, -0.15) is 0 Å². The smallest absolute Gasteiger partial charge is 0.407 e.